The maximum absolute atomic E-state index is 13.6. The van der Waals surface area contributed by atoms with E-state index in [9.17, 15) is 18.0 Å². The number of para-hydroxylation sites is 4. The number of nitrogens with zero attached hydrogens (tertiary/aromatic N) is 13. The molecule has 19 heteroatoms. The number of pyridine rings is 2. The summed E-state index contributed by atoms with van der Waals surface area (Å²) in [5.74, 6) is 0. The van der Waals surface area contributed by atoms with E-state index >= 15 is 0 Å². The molecule has 2 aromatic heterocycles. The normalized spacial score (nSPS) is 11.5. The van der Waals surface area contributed by atoms with Crippen molar-refractivity contribution in [2.75, 3.05) is 6.26 Å². The zero-order valence-corrected chi connectivity index (χ0v) is 40.4. The van der Waals surface area contributed by atoms with Crippen molar-refractivity contribution in [1.29, 1.82) is 0 Å². The molecule has 0 saturated carbocycles. The van der Waals surface area contributed by atoms with Crippen LogP contribution in [0.4, 0.5) is 0 Å². The molecule has 74 heavy (non-hydrogen) atoms. The third-order valence-corrected chi connectivity index (χ3v) is 13.1. The number of fused-ring (bicyclic) bond motifs is 6. The van der Waals surface area contributed by atoms with Crippen LogP contribution in [0.3, 0.4) is 0 Å². The molecule has 0 fully saturated rings. The lowest BCUT2D eigenvalue weighted by Crippen LogP contribution is -2.17. The molecular weight excluding hydrogens is 955 g/mol. The molecule has 6 heterocycles. The molecule has 8 aromatic rings. The minimum atomic E-state index is -3.65. The second-order valence-electron chi connectivity index (χ2n) is 17.4. The fourth-order valence-electron chi connectivity index (χ4n) is 9.06. The molecule has 0 amide bonds. The van der Waals surface area contributed by atoms with Crippen molar-refractivity contribution >= 4 is 31.9 Å². The van der Waals surface area contributed by atoms with Gasteiger partial charge in [-0.1, -0.05) is 102 Å². The van der Waals surface area contributed by atoms with Crippen LogP contribution < -0.4 is 11.1 Å². The van der Waals surface area contributed by atoms with Crippen molar-refractivity contribution < 1.29 is 12.6 Å². The first-order valence-electron chi connectivity index (χ1n) is 23.3. The highest BCUT2D eigenvalue weighted by Gasteiger charge is 2.24. The highest BCUT2D eigenvalue weighted by Crippen LogP contribution is 2.31. The molecule has 6 aromatic carbocycles. The lowest BCUT2D eigenvalue weighted by Gasteiger charge is -2.14. The highest BCUT2D eigenvalue weighted by atomic mass is 32.2. The van der Waals surface area contributed by atoms with E-state index in [2.05, 4.69) is 42.0 Å². The summed E-state index contributed by atoms with van der Waals surface area (Å²) in [6.45, 7) is 1.09. The summed E-state index contributed by atoms with van der Waals surface area (Å²) in [6.07, 6.45) is 12.0. The first kappa shape index (κ1) is 46.7. The molecule has 0 aliphatic carbocycles. The van der Waals surface area contributed by atoms with Gasteiger partial charge in [-0.25, -0.2) is 9.36 Å². The number of hydrogen-bond donors (Lipinski definition) is 0. The van der Waals surface area contributed by atoms with Gasteiger partial charge in [-0.3, -0.25) is 13.8 Å². The fraction of sp³-hybridized carbons (Fsp3) is 0.0909. The van der Waals surface area contributed by atoms with E-state index in [4.69, 9.17) is 14.8 Å². The van der Waals surface area contributed by atoms with E-state index in [1.165, 1.54) is 9.36 Å². The first-order chi connectivity index (χ1) is 36.1. The number of hydrogen-bond acceptors (Lipinski definition) is 10. The van der Waals surface area contributed by atoms with Crippen molar-refractivity contribution in [3.63, 3.8) is 0 Å². The van der Waals surface area contributed by atoms with Gasteiger partial charge in [-0.05, 0) is 82.9 Å². The van der Waals surface area contributed by atoms with Crippen molar-refractivity contribution in [1.82, 2.24) is 48.3 Å². The van der Waals surface area contributed by atoms with Gasteiger partial charge in [0, 0.05) is 71.5 Å². The lowest BCUT2D eigenvalue weighted by atomic mass is 10.1. The summed E-state index contributed by atoms with van der Waals surface area (Å²) < 4.78 is 38.6. The molecule has 0 bridgehead atoms. The van der Waals surface area contributed by atoms with Crippen LogP contribution in [0.2, 0.25) is 0 Å². The second-order valence-corrected chi connectivity index (χ2v) is 19.0. The molecule has 364 valence electrons. The van der Waals surface area contributed by atoms with Gasteiger partial charge in [-0.15, -0.1) is 0 Å². The van der Waals surface area contributed by atoms with E-state index in [1.54, 1.807) is 41.3 Å². The van der Waals surface area contributed by atoms with Crippen LogP contribution in [-0.2, 0) is 40.5 Å². The van der Waals surface area contributed by atoms with Crippen LogP contribution in [0.25, 0.3) is 77.5 Å². The zero-order valence-electron chi connectivity index (χ0n) is 39.6. The average Bonchev–Trinajstić information content (AvgIpc) is 4.29. The smallest absolute Gasteiger partial charge is 0.282 e. The van der Waals surface area contributed by atoms with E-state index in [1.807, 2.05) is 155 Å². The Morgan fingerprint density at radius 3 is 1.47 bits per heavy atom. The lowest BCUT2D eigenvalue weighted by molar-refractivity contribution is 0.311. The molecule has 0 atom stereocenters. The predicted octanol–water partition coefficient (Wildman–Crippen LogP) is 9.34. The number of rotatable bonds is 13. The van der Waals surface area contributed by atoms with Crippen molar-refractivity contribution in [3.05, 3.63) is 248 Å². The Kier molecular flexibility index (Phi) is 12.5. The van der Waals surface area contributed by atoms with Crippen LogP contribution in [0.1, 0.15) is 22.3 Å². The Hall–Kier alpha value is -9.68. The summed E-state index contributed by atoms with van der Waals surface area (Å²) in [4.78, 5) is 30.0. The van der Waals surface area contributed by atoms with Gasteiger partial charge in [0.2, 0.25) is 0 Å². The Labute approximate surface area is 422 Å². The fourth-order valence-corrected chi connectivity index (χ4v) is 9.40. The maximum atomic E-state index is 13.6. The van der Waals surface area contributed by atoms with Crippen molar-refractivity contribution in [2.24, 2.45) is 5.11 Å². The third-order valence-electron chi connectivity index (χ3n) is 12.6. The van der Waals surface area contributed by atoms with Crippen LogP contribution in [0, 0.1) is 0 Å². The highest BCUT2D eigenvalue weighted by molar-refractivity contribution is 7.85. The molecule has 0 saturated heterocycles. The van der Waals surface area contributed by atoms with Crippen LogP contribution in [0.15, 0.2) is 210 Å². The van der Waals surface area contributed by atoms with Crippen LogP contribution in [-0.4, -0.2) is 62.9 Å². The van der Waals surface area contributed by atoms with Crippen LogP contribution >= 0.6 is 0 Å². The monoisotopic (exact) mass is 997 g/mol. The number of azide groups is 1. The number of benzene rings is 6. The topological polar surface area (TPSA) is 207 Å². The van der Waals surface area contributed by atoms with Crippen molar-refractivity contribution in [2.45, 2.75) is 26.2 Å². The largest absolute Gasteiger partial charge is 0.342 e. The van der Waals surface area contributed by atoms with Gasteiger partial charge >= 0.3 is 0 Å². The molecule has 0 spiro atoms. The molecule has 18 nitrogen and oxygen atoms in total. The molecule has 0 N–H and O–H groups in total. The van der Waals surface area contributed by atoms with E-state index < -0.39 is 10.1 Å². The van der Waals surface area contributed by atoms with E-state index in [-0.39, 0.29) is 24.3 Å². The van der Waals surface area contributed by atoms with Gasteiger partial charge < -0.3 is 9.13 Å². The molecule has 0 radical (unpaired) electrons. The SMILES string of the molecule is CS(=O)(=O)OCc1ccccc1-n1nc2c3ccccc3n(Cc3ccc(-n4cccn4)cc3)cc-2c1=O.[N-]=[N+]=NCc1ccccc1-n1nc2c3ccccc3n(Cc3ccc(-n4cccn4)cc3)cc-2c1=O. The van der Waals surface area contributed by atoms with Gasteiger partial charge in [0.1, 0.15) is 11.4 Å². The van der Waals surface area contributed by atoms with Crippen molar-refractivity contribution in [3.8, 4) is 45.3 Å². The molecule has 4 aliphatic heterocycles. The van der Waals surface area contributed by atoms with Crippen LogP contribution in [0.5, 0.6) is 0 Å². The summed E-state index contributed by atoms with van der Waals surface area (Å²) in [6, 6.07) is 50.2. The Bertz CT molecular complexity index is 4190. The summed E-state index contributed by atoms with van der Waals surface area (Å²) >= 11 is 0. The molecule has 0 unspecified atom stereocenters. The summed E-state index contributed by atoms with van der Waals surface area (Å²) in [5, 5.41) is 23.4. The average molecular weight is 998 g/mol. The summed E-state index contributed by atoms with van der Waals surface area (Å²) in [5.41, 5.74) is 18.8. The second kappa shape index (κ2) is 19.8. The standard InChI is InChI=1S/C28H23N5O4S.C27H20N8O/c1-38(35,36)37-19-21-7-2-4-9-25(21)33-28(34)24-18-31(26-10-5-3-8-23(26)27(24)30-33)17-20-11-13-22(14-12-20)32-16-6-15-29-32;28-32-29-16-20-6-1-3-8-24(20)35-27(36)23-18-33(25-9-4-2-7-22(25)26(23)31-35)17-19-10-12-21(13-11-19)34-15-5-14-30-34/h2-16,18H,17,19H2,1H3;1-15,18H,16-17H2. The van der Waals surface area contributed by atoms with Gasteiger partial charge in [0.15, 0.2) is 0 Å². The minimum Gasteiger partial charge on any atom is -0.342 e. The maximum Gasteiger partial charge on any atom is 0.282 e. The number of aromatic nitrogens is 10. The summed E-state index contributed by atoms with van der Waals surface area (Å²) in [7, 11) is -3.65. The van der Waals surface area contributed by atoms with E-state index in [0.717, 1.165) is 56.1 Å². The minimum absolute atomic E-state index is 0.137. The molecular formula is C55H43N13O5S. The van der Waals surface area contributed by atoms with E-state index in [0.29, 0.717) is 52.5 Å². The predicted molar refractivity (Wildman–Crippen MR) is 282 cm³/mol. The molecule has 4 aliphatic rings. The van der Waals surface area contributed by atoms with Gasteiger partial charge in [-0.2, -0.15) is 38.2 Å². The van der Waals surface area contributed by atoms with Gasteiger partial charge in [0.25, 0.3) is 21.2 Å². The zero-order chi connectivity index (χ0) is 50.8. The molecule has 12 rings (SSSR count). The third kappa shape index (κ3) is 9.35. The first-order valence-corrected chi connectivity index (χ1v) is 25.1. The Morgan fingerprint density at radius 2 is 1.01 bits per heavy atom. The van der Waals surface area contributed by atoms with Gasteiger partial charge in [0.05, 0.1) is 64.3 Å². The Morgan fingerprint density at radius 1 is 0.568 bits per heavy atom. The Balaban J connectivity index is 0.000000159. The quantitative estimate of drug-likeness (QED) is 0.0466.